The van der Waals surface area contributed by atoms with E-state index in [1.54, 1.807) is 32.0 Å². The summed E-state index contributed by atoms with van der Waals surface area (Å²) in [5.74, 6) is -0.717. The quantitative estimate of drug-likeness (QED) is 0.726. The number of furan rings is 1. The van der Waals surface area contributed by atoms with E-state index in [1.165, 1.54) is 0 Å². The van der Waals surface area contributed by atoms with Crippen molar-refractivity contribution in [3.8, 4) is 5.75 Å². The van der Waals surface area contributed by atoms with Crippen LogP contribution in [0.1, 0.15) is 36.4 Å². The smallest absolute Gasteiger partial charge is 0.375 e. The van der Waals surface area contributed by atoms with Crippen LogP contribution in [0.4, 0.5) is 0 Å². The van der Waals surface area contributed by atoms with E-state index in [-0.39, 0.29) is 17.3 Å². The van der Waals surface area contributed by atoms with Crippen LogP contribution in [0.25, 0.3) is 11.0 Å². The predicted octanol–water partition coefficient (Wildman–Crippen LogP) is 1.99. The maximum atomic E-state index is 12.3. The molecule has 1 aromatic carbocycles. The van der Waals surface area contributed by atoms with Crippen molar-refractivity contribution >= 4 is 32.7 Å². The van der Waals surface area contributed by atoms with Gasteiger partial charge in [0.2, 0.25) is 5.76 Å². The van der Waals surface area contributed by atoms with Gasteiger partial charge in [0.1, 0.15) is 11.3 Å². The summed E-state index contributed by atoms with van der Waals surface area (Å²) < 4.78 is 39.3. The van der Waals surface area contributed by atoms with Crippen molar-refractivity contribution in [1.82, 2.24) is 5.32 Å². The van der Waals surface area contributed by atoms with Gasteiger partial charge in [0.05, 0.1) is 23.7 Å². The first-order chi connectivity index (χ1) is 13.1. The van der Waals surface area contributed by atoms with Crippen molar-refractivity contribution in [2.75, 3.05) is 24.7 Å². The molecule has 8 nitrogen and oxygen atoms in total. The van der Waals surface area contributed by atoms with E-state index in [4.69, 9.17) is 13.9 Å². The average molecular weight is 409 g/mol. The number of aryl methyl sites for hydroxylation is 1. The standard InChI is InChI=1S/C19H23NO7S/c1-4-25-13-5-6-15-14(9-13)12(2)17(27-15)18(22)26-10-16(21)20-19(3)7-8-28(23,24)11-19/h5-6,9H,4,7-8,10-11H2,1-3H3,(H,20,21). The molecule has 0 radical (unpaired) electrons. The molecule has 1 aliphatic heterocycles. The first-order valence-electron chi connectivity index (χ1n) is 8.97. The molecule has 2 heterocycles. The number of nitrogens with one attached hydrogen (secondary N) is 1. The van der Waals surface area contributed by atoms with Crippen LogP contribution in [-0.2, 0) is 19.4 Å². The van der Waals surface area contributed by atoms with Crippen molar-refractivity contribution in [3.63, 3.8) is 0 Å². The Balaban J connectivity index is 1.65. The van der Waals surface area contributed by atoms with Crippen LogP contribution >= 0.6 is 0 Å². The number of hydrogen-bond acceptors (Lipinski definition) is 7. The number of ether oxygens (including phenoxy) is 2. The minimum Gasteiger partial charge on any atom is -0.494 e. The number of hydrogen-bond donors (Lipinski definition) is 1. The molecule has 9 heteroatoms. The molecule has 0 saturated carbocycles. The molecule has 1 aromatic heterocycles. The Morgan fingerprint density at radius 2 is 2.07 bits per heavy atom. The van der Waals surface area contributed by atoms with Crippen LogP contribution in [0.15, 0.2) is 22.6 Å². The zero-order valence-corrected chi connectivity index (χ0v) is 16.9. The number of benzene rings is 1. The highest BCUT2D eigenvalue weighted by Gasteiger charge is 2.39. The molecule has 1 atom stereocenters. The molecule has 0 bridgehead atoms. The van der Waals surface area contributed by atoms with Crippen LogP contribution in [0.2, 0.25) is 0 Å². The van der Waals surface area contributed by atoms with Gasteiger partial charge in [-0.3, -0.25) is 4.79 Å². The molecule has 1 unspecified atom stereocenters. The fraction of sp³-hybridized carbons (Fsp3) is 0.474. The van der Waals surface area contributed by atoms with Gasteiger partial charge in [-0.25, -0.2) is 13.2 Å². The van der Waals surface area contributed by atoms with E-state index < -0.39 is 33.9 Å². The summed E-state index contributed by atoms with van der Waals surface area (Å²) in [6, 6.07) is 5.23. The van der Waals surface area contributed by atoms with Gasteiger partial charge in [0.15, 0.2) is 16.4 Å². The molecule has 1 aliphatic rings. The van der Waals surface area contributed by atoms with E-state index in [0.717, 1.165) is 5.39 Å². The van der Waals surface area contributed by atoms with E-state index in [1.807, 2.05) is 6.92 Å². The highest BCUT2D eigenvalue weighted by molar-refractivity contribution is 7.91. The maximum absolute atomic E-state index is 12.3. The molecule has 152 valence electrons. The summed E-state index contributed by atoms with van der Waals surface area (Å²) in [6.45, 7) is 5.27. The van der Waals surface area contributed by atoms with Crippen molar-refractivity contribution in [2.45, 2.75) is 32.7 Å². The Labute approximate surface area is 163 Å². The summed E-state index contributed by atoms with van der Waals surface area (Å²) in [4.78, 5) is 24.4. The number of rotatable bonds is 6. The second-order valence-electron chi connectivity index (χ2n) is 7.17. The SMILES string of the molecule is CCOc1ccc2oc(C(=O)OCC(=O)NC3(C)CCS(=O)(=O)C3)c(C)c2c1. The lowest BCUT2D eigenvalue weighted by molar-refractivity contribution is -0.125. The van der Waals surface area contributed by atoms with Gasteiger partial charge >= 0.3 is 5.97 Å². The lowest BCUT2D eigenvalue weighted by Gasteiger charge is -2.23. The van der Waals surface area contributed by atoms with Crippen molar-refractivity contribution in [3.05, 3.63) is 29.5 Å². The largest absolute Gasteiger partial charge is 0.494 e. The first kappa shape index (κ1) is 20.2. The molecule has 2 aromatic rings. The Morgan fingerprint density at radius 1 is 1.32 bits per heavy atom. The first-order valence-corrected chi connectivity index (χ1v) is 10.8. The average Bonchev–Trinajstić information content (AvgIpc) is 3.09. The third kappa shape index (κ3) is 4.30. The number of carbonyl (C=O) groups excluding carboxylic acids is 2. The number of amides is 1. The van der Waals surface area contributed by atoms with Crippen LogP contribution < -0.4 is 10.1 Å². The Morgan fingerprint density at radius 3 is 2.71 bits per heavy atom. The van der Waals surface area contributed by atoms with Gasteiger partial charge in [0.25, 0.3) is 5.91 Å². The van der Waals surface area contributed by atoms with Gasteiger partial charge in [-0.2, -0.15) is 0 Å². The van der Waals surface area contributed by atoms with E-state index in [9.17, 15) is 18.0 Å². The van der Waals surface area contributed by atoms with Gasteiger partial charge in [-0.15, -0.1) is 0 Å². The monoisotopic (exact) mass is 409 g/mol. The minimum atomic E-state index is -3.15. The molecule has 1 N–H and O–H groups in total. The van der Waals surface area contributed by atoms with Crippen LogP contribution in [0, 0.1) is 6.92 Å². The molecule has 0 spiro atoms. The van der Waals surface area contributed by atoms with Gasteiger partial charge < -0.3 is 19.2 Å². The third-order valence-electron chi connectivity index (χ3n) is 4.68. The van der Waals surface area contributed by atoms with Crippen molar-refractivity contribution in [1.29, 1.82) is 0 Å². The number of carbonyl (C=O) groups is 2. The molecular formula is C19H23NO7S. The van der Waals surface area contributed by atoms with Crippen LogP contribution in [0.3, 0.4) is 0 Å². The summed E-state index contributed by atoms with van der Waals surface area (Å²) in [6.07, 6.45) is 0.333. The normalized spacial score (nSPS) is 20.8. The minimum absolute atomic E-state index is 0.0195. The number of sulfone groups is 1. The van der Waals surface area contributed by atoms with E-state index in [0.29, 0.717) is 29.9 Å². The van der Waals surface area contributed by atoms with Crippen LogP contribution in [0.5, 0.6) is 5.75 Å². The summed E-state index contributed by atoms with van der Waals surface area (Å²) in [7, 11) is -3.15. The Hall–Kier alpha value is -2.55. The second-order valence-corrected chi connectivity index (χ2v) is 9.36. The van der Waals surface area contributed by atoms with E-state index in [2.05, 4.69) is 5.32 Å². The maximum Gasteiger partial charge on any atom is 0.375 e. The van der Waals surface area contributed by atoms with Crippen LogP contribution in [-0.4, -0.2) is 50.6 Å². The molecule has 1 saturated heterocycles. The molecule has 3 rings (SSSR count). The highest BCUT2D eigenvalue weighted by Crippen LogP contribution is 2.29. The van der Waals surface area contributed by atoms with Gasteiger partial charge in [-0.1, -0.05) is 0 Å². The van der Waals surface area contributed by atoms with Crippen molar-refractivity contribution in [2.24, 2.45) is 0 Å². The molecule has 28 heavy (non-hydrogen) atoms. The molecule has 1 amide bonds. The lowest BCUT2D eigenvalue weighted by Crippen LogP contribution is -2.48. The molecule has 1 fully saturated rings. The molecule has 0 aliphatic carbocycles. The fourth-order valence-electron chi connectivity index (χ4n) is 3.33. The Kier molecular flexibility index (Phi) is 5.38. The zero-order valence-electron chi connectivity index (χ0n) is 16.0. The van der Waals surface area contributed by atoms with Gasteiger partial charge in [-0.05, 0) is 45.4 Å². The second kappa shape index (κ2) is 7.46. The lowest BCUT2D eigenvalue weighted by atomic mass is 10.0. The number of fused-ring (bicyclic) bond motifs is 1. The third-order valence-corrected chi connectivity index (χ3v) is 6.59. The number of esters is 1. The predicted molar refractivity (Wildman–Crippen MR) is 102 cm³/mol. The summed E-state index contributed by atoms with van der Waals surface area (Å²) >= 11 is 0. The van der Waals surface area contributed by atoms with Crippen molar-refractivity contribution < 1.29 is 31.9 Å². The summed E-state index contributed by atoms with van der Waals surface area (Å²) in [5.41, 5.74) is 0.268. The zero-order chi connectivity index (χ0) is 20.5. The highest BCUT2D eigenvalue weighted by atomic mass is 32.2. The fourth-order valence-corrected chi connectivity index (χ4v) is 5.42. The van der Waals surface area contributed by atoms with Gasteiger partial charge in [0, 0.05) is 10.9 Å². The van der Waals surface area contributed by atoms with E-state index >= 15 is 0 Å². The summed E-state index contributed by atoms with van der Waals surface area (Å²) in [5, 5.41) is 3.37. The molecular weight excluding hydrogens is 386 g/mol. The topological polar surface area (TPSA) is 112 Å². The Bertz CT molecular complexity index is 1020.